The van der Waals surface area contributed by atoms with Gasteiger partial charge in [-0.1, -0.05) is 0 Å². The molecule has 0 saturated carbocycles. The predicted molar refractivity (Wildman–Crippen MR) is 37.7 cm³/mol. The molecule has 1 fully saturated rings. The summed E-state index contributed by atoms with van der Waals surface area (Å²) in [5.74, 6) is -0.409. The molecule has 1 aliphatic heterocycles. The molecule has 1 rings (SSSR count). The summed E-state index contributed by atoms with van der Waals surface area (Å²) in [6.45, 7) is 2.11. The Morgan fingerprint density at radius 1 is 1.73 bits per heavy atom. The molecular formula is C7H11NO3. The van der Waals surface area contributed by atoms with E-state index < -0.39 is 5.41 Å². The van der Waals surface area contributed by atoms with Crippen LogP contribution in [-0.4, -0.2) is 25.5 Å². The van der Waals surface area contributed by atoms with Gasteiger partial charge in [-0.05, 0) is 6.92 Å². The first-order valence-electron chi connectivity index (χ1n) is 3.43. The van der Waals surface area contributed by atoms with Gasteiger partial charge in [-0.15, -0.1) is 0 Å². The molecule has 1 atom stereocenters. The van der Waals surface area contributed by atoms with Gasteiger partial charge in [0.1, 0.15) is 0 Å². The highest BCUT2D eigenvalue weighted by Crippen LogP contribution is 2.26. The third-order valence-electron chi connectivity index (χ3n) is 1.90. The van der Waals surface area contributed by atoms with E-state index in [1.54, 1.807) is 6.92 Å². The number of amides is 1. The van der Waals surface area contributed by atoms with E-state index in [1.165, 1.54) is 7.11 Å². The van der Waals surface area contributed by atoms with Crippen LogP contribution in [0.25, 0.3) is 0 Å². The number of carbonyl (C=O) groups excluding carboxylic acids is 2. The van der Waals surface area contributed by atoms with Crippen molar-refractivity contribution in [1.29, 1.82) is 0 Å². The molecule has 0 unspecified atom stereocenters. The van der Waals surface area contributed by atoms with E-state index in [9.17, 15) is 9.59 Å². The summed E-state index contributed by atoms with van der Waals surface area (Å²) in [4.78, 5) is 21.8. The lowest BCUT2D eigenvalue weighted by Gasteiger charge is -2.16. The van der Waals surface area contributed by atoms with Gasteiger partial charge < -0.3 is 10.1 Å². The van der Waals surface area contributed by atoms with Crippen molar-refractivity contribution in [1.82, 2.24) is 5.32 Å². The van der Waals surface area contributed by atoms with Gasteiger partial charge in [0.15, 0.2) is 0 Å². The van der Waals surface area contributed by atoms with Gasteiger partial charge in [0, 0.05) is 13.0 Å². The second kappa shape index (κ2) is 2.53. The van der Waals surface area contributed by atoms with Crippen molar-refractivity contribution in [2.45, 2.75) is 13.3 Å². The van der Waals surface area contributed by atoms with E-state index in [4.69, 9.17) is 0 Å². The van der Waals surface area contributed by atoms with Crippen LogP contribution in [0.3, 0.4) is 0 Å². The van der Waals surface area contributed by atoms with Crippen LogP contribution in [0.1, 0.15) is 13.3 Å². The van der Waals surface area contributed by atoms with E-state index in [-0.39, 0.29) is 18.3 Å². The Morgan fingerprint density at radius 2 is 2.36 bits per heavy atom. The topological polar surface area (TPSA) is 55.4 Å². The van der Waals surface area contributed by atoms with Gasteiger partial charge in [-0.2, -0.15) is 0 Å². The maximum atomic E-state index is 11.1. The normalized spacial score (nSPS) is 29.8. The number of rotatable bonds is 1. The third kappa shape index (κ3) is 1.34. The van der Waals surface area contributed by atoms with Crippen molar-refractivity contribution >= 4 is 11.9 Å². The van der Waals surface area contributed by atoms with Crippen molar-refractivity contribution in [2.24, 2.45) is 5.41 Å². The first-order valence-corrected chi connectivity index (χ1v) is 3.43. The monoisotopic (exact) mass is 157 g/mol. The number of nitrogens with one attached hydrogen (secondary N) is 1. The molecule has 11 heavy (non-hydrogen) atoms. The van der Waals surface area contributed by atoms with E-state index in [0.29, 0.717) is 6.54 Å². The molecule has 1 heterocycles. The number of methoxy groups -OCH3 is 1. The molecule has 4 heteroatoms. The number of esters is 1. The summed E-state index contributed by atoms with van der Waals surface area (Å²) in [5, 5.41) is 2.59. The number of hydrogen-bond acceptors (Lipinski definition) is 3. The van der Waals surface area contributed by atoms with Gasteiger partial charge in [0.05, 0.1) is 12.5 Å². The molecule has 1 amide bonds. The van der Waals surface area contributed by atoms with Crippen LogP contribution >= 0.6 is 0 Å². The number of ether oxygens (including phenoxy) is 1. The molecule has 0 spiro atoms. The first-order chi connectivity index (χ1) is 5.08. The van der Waals surface area contributed by atoms with Crippen LogP contribution in [0, 0.1) is 5.41 Å². The quantitative estimate of drug-likeness (QED) is 0.531. The van der Waals surface area contributed by atoms with Crippen LogP contribution in [0.15, 0.2) is 0 Å². The van der Waals surface area contributed by atoms with Crippen LogP contribution in [0.4, 0.5) is 0 Å². The molecule has 1 saturated heterocycles. The van der Waals surface area contributed by atoms with Crippen molar-refractivity contribution in [3.63, 3.8) is 0 Å². The Bertz CT molecular complexity index is 202. The van der Waals surface area contributed by atoms with Crippen LogP contribution in [0.2, 0.25) is 0 Å². The molecule has 4 nitrogen and oxygen atoms in total. The lowest BCUT2D eigenvalue weighted by molar-refractivity contribution is -0.151. The fourth-order valence-electron chi connectivity index (χ4n) is 1.16. The molecule has 1 aliphatic rings. The summed E-state index contributed by atoms with van der Waals surface area (Å²) >= 11 is 0. The maximum absolute atomic E-state index is 11.1. The second-order valence-corrected chi connectivity index (χ2v) is 3.01. The van der Waals surface area contributed by atoms with E-state index in [1.807, 2.05) is 0 Å². The summed E-state index contributed by atoms with van der Waals surface area (Å²) < 4.78 is 4.55. The lowest BCUT2D eigenvalue weighted by atomic mass is 9.90. The largest absolute Gasteiger partial charge is 0.469 e. The SMILES string of the molecule is COC(=O)[C@]1(C)CNC(=O)C1. The molecule has 0 aromatic rings. The Kier molecular flexibility index (Phi) is 1.85. The van der Waals surface area contributed by atoms with Gasteiger partial charge in [-0.25, -0.2) is 0 Å². The van der Waals surface area contributed by atoms with E-state index in [0.717, 1.165) is 0 Å². The average Bonchev–Trinajstić information content (AvgIpc) is 2.31. The van der Waals surface area contributed by atoms with Crippen molar-refractivity contribution in [3.8, 4) is 0 Å². The van der Waals surface area contributed by atoms with Crippen LogP contribution < -0.4 is 5.32 Å². The van der Waals surface area contributed by atoms with Crippen molar-refractivity contribution in [2.75, 3.05) is 13.7 Å². The fourth-order valence-corrected chi connectivity index (χ4v) is 1.16. The van der Waals surface area contributed by atoms with Gasteiger partial charge in [0.25, 0.3) is 0 Å². The average molecular weight is 157 g/mol. The van der Waals surface area contributed by atoms with Crippen LogP contribution in [-0.2, 0) is 14.3 Å². The maximum Gasteiger partial charge on any atom is 0.313 e. The Balaban J connectivity index is 2.69. The Hall–Kier alpha value is -1.06. The predicted octanol–water partition coefficient (Wildman–Crippen LogP) is -0.314. The molecule has 0 aromatic carbocycles. The zero-order chi connectivity index (χ0) is 8.48. The highest BCUT2D eigenvalue weighted by Gasteiger charge is 2.41. The zero-order valence-corrected chi connectivity index (χ0v) is 6.64. The lowest BCUT2D eigenvalue weighted by Crippen LogP contribution is -2.31. The highest BCUT2D eigenvalue weighted by atomic mass is 16.5. The fraction of sp³-hybridized carbons (Fsp3) is 0.714. The summed E-state index contributed by atoms with van der Waals surface area (Å²) in [6, 6.07) is 0. The third-order valence-corrected chi connectivity index (χ3v) is 1.90. The molecule has 62 valence electrons. The summed E-state index contributed by atoms with van der Waals surface area (Å²) in [6.07, 6.45) is 0.236. The minimum Gasteiger partial charge on any atom is -0.469 e. The van der Waals surface area contributed by atoms with E-state index in [2.05, 4.69) is 10.1 Å². The van der Waals surface area contributed by atoms with Crippen LogP contribution in [0.5, 0.6) is 0 Å². The molecule has 0 bridgehead atoms. The Morgan fingerprint density at radius 3 is 2.73 bits per heavy atom. The minimum absolute atomic E-state index is 0.0853. The number of hydrogen-bond donors (Lipinski definition) is 1. The highest BCUT2D eigenvalue weighted by molar-refractivity contribution is 5.89. The van der Waals surface area contributed by atoms with Gasteiger partial charge in [0.2, 0.25) is 5.91 Å². The minimum atomic E-state index is -0.647. The van der Waals surface area contributed by atoms with Crippen molar-refractivity contribution in [3.05, 3.63) is 0 Å². The smallest absolute Gasteiger partial charge is 0.313 e. The standard InChI is InChI=1S/C7H11NO3/c1-7(6(10)11-2)3-5(9)8-4-7/h3-4H2,1-2H3,(H,8,9)/t7-/m0/s1. The molecule has 0 radical (unpaired) electrons. The van der Waals surface area contributed by atoms with Gasteiger partial charge >= 0.3 is 5.97 Å². The van der Waals surface area contributed by atoms with Crippen molar-refractivity contribution < 1.29 is 14.3 Å². The van der Waals surface area contributed by atoms with Gasteiger partial charge in [-0.3, -0.25) is 9.59 Å². The Labute approximate surface area is 64.9 Å². The number of carbonyl (C=O) groups is 2. The second-order valence-electron chi connectivity index (χ2n) is 3.01. The molecule has 0 aliphatic carbocycles. The summed E-state index contributed by atoms with van der Waals surface area (Å²) in [7, 11) is 1.33. The molecule has 1 N–H and O–H groups in total. The zero-order valence-electron chi connectivity index (χ0n) is 6.64. The first kappa shape index (κ1) is 8.04. The van der Waals surface area contributed by atoms with E-state index >= 15 is 0 Å². The summed E-state index contributed by atoms with van der Waals surface area (Å²) in [5.41, 5.74) is -0.647. The molecule has 0 aromatic heterocycles. The molecular weight excluding hydrogens is 146 g/mol.